The van der Waals surface area contributed by atoms with Gasteiger partial charge < -0.3 is 0 Å². The minimum absolute atomic E-state index is 0.112. The first-order chi connectivity index (χ1) is 6.69. The van der Waals surface area contributed by atoms with Crippen LogP contribution in [0.25, 0.3) is 0 Å². The van der Waals surface area contributed by atoms with Crippen molar-refractivity contribution in [3.8, 4) is 0 Å². The van der Waals surface area contributed by atoms with Crippen LogP contribution in [0.2, 0.25) is 0 Å². The van der Waals surface area contributed by atoms with Crippen LogP contribution in [0.5, 0.6) is 0 Å². The molecule has 78 valence electrons. The lowest BCUT2D eigenvalue weighted by Gasteiger charge is -2.14. The number of alkyl halides is 1. The fourth-order valence-electron chi connectivity index (χ4n) is 1.60. The van der Waals surface area contributed by atoms with Gasteiger partial charge in [-0.2, -0.15) is 0 Å². The van der Waals surface area contributed by atoms with E-state index in [0.29, 0.717) is 5.92 Å². The zero-order chi connectivity index (χ0) is 10.6. The summed E-state index contributed by atoms with van der Waals surface area (Å²) < 4.78 is 13.0. The molecule has 2 heteroatoms. The van der Waals surface area contributed by atoms with Crippen molar-refractivity contribution in [2.75, 3.05) is 5.33 Å². The van der Waals surface area contributed by atoms with Crippen LogP contribution in [0.4, 0.5) is 4.39 Å². The quantitative estimate of drug-likeness (QED) is 0.702. The van der Waals surface area contributed by atoms with Crippen LogP contribution < -0.4 is 0 Å². The molecule has 0 aliphatic heterocycles. The van der Waals surface area contributed by atoms with E-state index in [2.05, 4.69) is 22.9 Å². The van der Waals surface area contributed by atoms with Gasteiger partial charge in [0.15, 0.2) is 0 Å². The van der Waals surface area contributed by atoms with E-state index in [4.69, 9.17) is 0 Å². The van der Waals surface area contributed by atoms with E-state index in [9.17, 15) is 4.39 Å². The predicted molar refractivity (Wildman–Crippen MR) is 62.6 cm³/mol. The molecule has 0 saturated carbocycles. The third-order valence-electron chi connectivity index (χ3n) is 2.48. The fraction of sp³-hybridized carbons (Fsp3) is 0.500. The predicted octanol–water partition coefficient (Wildman–Crippen LogP) is 4.41. The highest BCUT2D eigenvalue weighted by Crippen LogP contribution is 2.24. The van der Waals surface area contributed by atoms with Crippen LogP contribution in [-0.2, 0) is 0 Å². The Kier molecular flexibility index (Phi) is 4.59. The molecule has 0 aromatic heterocycles. The summed E-state index contributed by atoms with van der Waals surface area (Å²) in [5.41, 5.74) is 1.98. The van der Waals surface area contributed by atoms with E-state index in [1.807, 2.05) is 19.1 Å². The first-order valence-electron chi connectivity index (χ1n) is 5.01. The summed E-state index contributed by atoms with van der Waals surface area (Å²) in [7, 11) is 0. The van der Waals surface area contributed by atoms with Crippen molar-refractivity contribution in [2.45, 2.75) is 32.6 Å². The Bertz CT molecular complexity index is 296. The number of hydrogen-bond acceptors (Lipinski definition) is 0. The minimum Gasteiger partial charge on any atom is -0.207 e. The van der Waals surface area contributed by atoms with Gasteiger partial charge in [0.1, 0.15) is 5.82 Å². The maximum absolute atomic E-state index is 13.0. The molecule has 0 N–H and O–H groups in total. The first-order valence-corrected chi connectivity index (χ1v) is 6.13. The average molecular weight is 259 g/mol. The van der Waals surface area contributed by atoms with E-state index in [1.54, 1.807) is 6.07 Å². The van der Waals surface area contributed by atoms with Crippen LogP contribution in [0.3, 0.4) is 0 Å². The summed E-state index contributed by atoms with van der Waals surface area (Å²) >= 11 is 3.50. The van der Waals surface area contributed by atoms with E-state index in [0.717, 1.165) is 23.7 Å². The van der Waals surface area contributed by atoms with Crippen molar-refractivity contribution in [1.82, 2.24) is 0 Å². The molecule has 0 aliphatic rings. The Balaban J connectivity index is 2.88. The minimum atomic E-state index is -0.112. The molecular formula is C12H16BrF. The van der Waals surface area contributed by atoms with Gasteiger partial charge in [-0.3, -0.25) is 0 Å². The van der Waals surface area contributed by atoms with E-state index in [1.165, 1.54) is 5.56 Å². The smallest absolute Gasteiger partial charge is 0.126 e. The van der Waals surface area contributed by atoms with Crippen molar-refractivity contribution < 1.29 is 4.39 Å². The number of halogens is 2. The summed E-state index contributed by atoms with van der Waals surface area (Å²) in [6, 6.07) is 5.41. The number of hydrogen-bond donors (Lipinski definition) is 0. The van der Waals surface area contributed by atoms with Crippen molar-refractivity contribution in [3.05, 3.63) is 35.1 Å². The molecule has 1 aromatic rings. The van der Waals surface area contributed by atoms with Crippen LogP contribution >= 0.6 is 15.9 Å². The van der Waals surface area contributed by atoms with Gasteiger partial charge in [0.05, 0.1) is 0 Å². The molecular weight excluding hydrogens is 243 g/mol. The molecule has 0 fully saturated rings. The average Bonchev–Trinajstić information content (AvgIpc) is 2.19. The summed E-state index contributed by atoms with van der Waals surface area (Å²) in [4.78, 5) is 0. The molecule has 1 atom stereocenters. The second-order valence-electron chi connectivity index (χ2n) is 3.65. The molecule has 1 aromatic carbocycles. The zero-order valence-corrected chi connectivity index (χ0v) is 10.3. The Morgan fingerprint density at radius 3 is 2.64 bits per heavy atom. The molecule has 0 spiro atoms. The first kappa shape index (κ1) is 11.7. The van der Waals surface area contributed by atoms with Crippen LogP contribution in [-0.4, -0.2) is 5.33 Å². The highest BCUT2D eigenvalue weighted by Gasteiger charge is 2.10. The molecule has 0 bridgehead atoms. The van der Waals surface area contributed by atoms with E-state index < -0.39 is 0 Å². The van der Waals surface area contributed by atoms with Crippen LogP contribution in [0.15, 0.2) is 18.2 Å². The SMILES string of the molecule is CCCC(CBr)c1ccc(F)c(C)c1. The van der Waals surface area contributed by atoms with Gasteiger partial charge in [-0.15, -0.1) is 0 Å². The Morgan fingerprint density at radius 2 is 2.14 bits per heavy atom. The lowest BCUT2D eigenvalue weighted by atomic mass is 9.95. The van der Waals surface area contributed by atoms with Gasteiger partial charge in [0, 0.05) is 5.33 Å². The third kappa shape index (κ3) is 2.81. The molecule has 0 aliphatic carbocycles. The standard InChI is InChI=1S/C12H16BrF/c1-3-4-11(8-13)10-5-6-12(14)9(2)7-10/h5-7,11H,3-4,8H2,1-2H3. The van der Waals surface area contributed by atoms with Crippen LogP contribution in [0.1, 0.15) is 36.8 Å². The van der Waals surface area contributed by atoms with Gasteiger partial charge in [-0.25, -0.2) is 4.39 Å². The topological polar surface area (TPSA) is 0 Å². The Labute approximate surface area is 93.7 Å². The fourth-order valence-corrected chi connectivity index (χ4v) is 2.30. The van der Waals surface area contributed by atoms with Gasteiger partial charge in [0.2, 0.25) is 0 Å². The largest absolute Gasteiger partial charge is 0.207 e. The molecule has 0 radical (unpaired) electrons. The second kappa shape index (κ2) is 5.50. The summed E-state index contributed by atoms with van der Waals surface area (Å²) in [6.07, 6.45) is 2.31. The summed E-state index contributed by atoms with van der Waals surface area (Å²) in [5, 5.41) is 0.950. The molecule has 0 nitrogen and oxygen atoms in total. The van der Waals surface area contributed by atoms with Gasteiger partial charge in [-0.1, -0.05) is 41.4 Å². The maximum Gasteiger partial charge on any atom is 0.126 e. The van der Waals surface area contributed by atoms with E-state index >= 15 is 0 Å². The molecule has 1 rings (SSSR count). The number of rotatable bonds is 4. The number of benzene rings is 1. The Hall–Kier alpha value is -0.370. The zero-order valence-electron chi connectivity index (χ0n) is 8.69. The summed E-state index contributed by atoms with van der Waals surface area (Å²) in [5.74, 6) is 0.401. The molecule has 0 saturated heterocycles. The highest BCUT2D eigenvalue weighted by molar-refractivity contribution is 9.09. The van der Waals surface area contributed by atoms with Crippen molar-refractivity contribution in [1.29, 1.82) is 0 Å². The van der Waals surface area contributed by atoms with Gasteiger partial charge >= 0.3 is 0 Å². The molecule has 0 amide bonds. The van der Waals surface area contributed by atoms with Crippen molar-refractivity contribution in [2.24, 2.45) is 0 Å². The molecule has 0 heterocycles. The normalized spacial score (nSPS) is 12.9. The van der Waals surface area contributed by atoms with Gasteiger partial charge in [0.25, 0.3) is 0 Å². The highest BCUT2D eigenvalue weighted by atomic mass is 79.9. The lowest BCUT2D eigenvalue weighted by molar-refractivity contribution is 0.613. The maximum atomic E-state index is 13.0. The van der Waals surface area contributed by atoms with Crippen molar-refractivity contribution in [3.63, 3.8) is 0 Å². The van der Waals surface area contributed by atoms with Crippen LogP contribution in [0, 0.1) is 12.7 Å². The van der Waals surface area contributed by atoms with E-state index in [-0.39, 0.29) is 5.82 Å². The van der Waals surface area contributed by atoms with Gasteiger partial charge in [-0.05, 0) is 36.5 Å². The Morgan fingerprint density at radius 1 is 1.43 bits per heavy atom. The second-order valence-corrected chi connectivity index (χ2v) is 4.30. The lowest BCUT2D eigenvalue weighted by Crippen LogP contribution is -2.00. The summed E-state index contributed by atoms with van der Waals surface area (Å²) in [6.45, 7) is 3.99. The van der Waals surface area contributed by atoms with Crippen molar-refractivity contribution >= 4 is 15.9 Å². The molecule has 14 heavy (non-hydrogen) atoms. The third-order valence-corrected chi connectivity index (χ3v) is 3.26. The number of aryl methyl sites for hydroxylation is 1. The monoisotopic (exact) mass is 258 g/mol. The molecule has 1 unspecified atom stereocenters.